The summed E-state index contributed by atoms with van der Waals surface area (Å²) >= 11 is 3.49. The lowest BCUT2D eigenvalue weighted by atomic mass is 9.81. The third-order valence-corrected chi connectivity index (χ3v) is 6.23. The average molecular weight is 484 g/mol. The molecule has 1 amide bonds. The second kappa shape index (κ2) is 8.29. The van der Waals surface area contributed by atoms with Gasteiger partial charge in [0, 0.05) is 24.4 Å². The van der Waals surface area contributed by atoms with Crippen molar-refractivity contribution in [2.45, 2.75) is 77.7 Å². The first-order valence-corrected chi connectivity index (χ1v) is 11.0. The number of rotatable bonds is 3. The quantitative estimate of drug-likeness (QED) is 0.600. The maximum absolute atomic E-state index is 12.1. The lowest BCUT2D eigenvalue weighted by molar-refractivity contribution is -0.121. The zero-order valence-corrected chi connectivity index (χ0v) is 20.0. The molecule has 1 aromatic rings. The van der Waals surface area contributed by atoms with Gasteiger partial charge in [0.15, 0.2) is 11.5 Å². The Bertz CT molecular complexity index is 841. The highest BCUT2D eigenvalue weighted by molar-refractivity contribution is 9.10. The predicted octanol–water partition coefficient (Wildman–Crippen LogP) is 5.12. The largest absolute Gasteiger partial charge is 0.465 e. The van der Waals surface area contributed by atoms with Crippen LogP contribution in [0.25, 0.3) is 0 Å². The smallest absolute Gasteiger partial charge is 0.407 e. The van der Waals surface area contributed by atoms with E-state index in [1.54, 1.807) is 6.07 Å². The summed E-state index contributed by atoms with van der Waals surface area (Å²) < 4.78 is 23.4. The first-order chi connectivity index (χ1) is 13.9. The molecule has 0 saturated heterocycles. The molecule has 1 N–H and O–H groups in total. The van der Waals surface area contributed by atoms with E-state index in [1.807, 2.05) is 34.6 Å². The molecule has 0 bridgehead atoms. The number of carbonyl (C=O) groups is 2. The molecule has 3 rings (SSSR count). The number of fused-ring (bicyclic) bond motifs is 1. The Morgan fingerprint density at radius 2 is 1.77 bits per heavy atom. The highest BCUT2D eigenvalue weighted by Crippen LogP contribution is 2.51. The summed E-state index contributed by atoms with van der Waals surface area (Å²) in [6.07, 6.45) is 2.93. The number of alkyl carbamates (subject to hydrolysis) is 1. The summed E-state index contributed by atoms with van der Waals surface area (Å²) in [6.45, 7) is 9.31. The summed E-state index contributed by atoms with van der Waals surface area (Å²) in [5.41, 5.74) is 0.630. The summed E-state index contributed by atoms with van der Waals surface area (Å²) in [4.78, 5) is 24.1. The van der Waals surface area contributed by atoms with Gasteiger partial charge < -0.3 is 24.3 Å². The van der Waals surface area contributed by atoms with Crippen LogP contribution in [-0.4, -0.2) is 36.6 Å². The predicted molar refractivity (Wildman–Crippen MR) is 115 cm³/mol. The van der Waals surface area contributed by atoms with E-state index >= 15 is 0 Å². The van der Waals surface area contributed by atoms with Gasteiger partial charge in [-0.05, 0) is 75.4 Å². The molecule has 0 radical (unpaired) electrons. The van der Waals surface area contributed by atoms with Crippen LogP contribution in [0.3, 0.4) is 0 Å². The van der Waals surface area contributed by atoms with Crippen LogP contribution in [-0.2, 0) is 9.47 Å². The number of amides is 1. The van der Waals surface area contributed by atoms with Gasteiger partial charge in [-0.1, -0.05) is 0 Å². The number of nitrogens with one attached hydrogen (secondary N) is 1. The highest BCUT2D eigenvalue weighted by Gasteiger charge is 2.47. The molecule has 1 unspecified atom stereocenters. The molecule has 1 saturated carbocycles. The molecule has 30 heavy (non-hydrogen) atoms. The van der Waals surface area contributed by atoms with Crippen LogP contribution in [0.4, 0.5) is 4.79 Å². The third kappa shape index (κ3) is 4.68. The van der Waals surface area contributed by atoms with Crippen molar-refractivity contribution in [2.24, 2.45) is 5.92 Å². The number of halogens is 1. The number of hydrogen-bond donors (Lipinski definition) is 1. The Labute approximate surface area is 185 Å². The standard InChI is InChI=1S/C22H30BrNO6/c1-12-15(19(25)27-6)11-16(23)18-17(12)28-22(5,29-18)13-7-9-14(10-8-13)24-20(26)30-21(2,3)4/h11,13-14H,7-10H2,1-6H3,(H,24,26). The van der Waals surface area contributed by atoms with E-state index in [9.17, 15) is 9.59 Å². The average Bonchev–Trinajstić information content (AvgIpc) is 3.03. The SMILES string of the molecule is COC(=O)c1cc(Br)c2c(c1C)OC(C)(C1CCC(NC(=O)OC(C)(C)C)CC1)O2. The Balaban J connectivity index is 1.67. The lowest BCUT2D eigenvalue weighted by Gasteiger charge is -2.37. The van der Waals surface area contributed by atoms with E-state index < -0.39 is 17.4 Å². The molecule has 8 heteroatoms. The van der Waals surface area contributed by atoms with E-state index in [0.29, 0.717) is 27.1 Å². The number of carbonyl (C=O) groups excluding carboxylic acids is 2. The lowest BCUT2D eigenvalue weighted by Crippen LogP contribution is -2.48. The number of benzene rings is 1. The minimum Gasteiger partial charge on any atom is -0.465 e. The van der Waals surface area contributed by atoms with Crippen LogP contribution < -0.4 is 14.8 Å². The molecular formula is C22H30BrNO6. The van der Waals surface area contributed by atoms with Crippen LogP contribution in [0.15, 0.2) is 10.5 Å². The molecule has 1 aromatic carbocycles. The minimum atomic E-state index is -0.832. The summed E-state index contributed by atoms with van der Waals surface area (Å²) in [5.74, 6) is 0.0793. The van der Waals surface area contributed by atoms with Gasteiger partial charge in [0.2, 0.25) is 0 Å². The van der Waals surface area contributed by atoms with Gasteiger partial charge in [-0.3, -0.25) is 0 Å². The Morgan fingerprint density at radius 1 is 1.17 bits per heavy atom. The van der Waals surface area contributed by atoms with E-state index in [4.69, 9.17) is 18.9 Å². The fourth-order valence-corrected chi connectivity index (χ4v) is 4.56. The number of methoxy groups -OCH3 is 1. The second-order valence-corrected chi connectivity index (χ2v) is 9.95. The van der Waals surface area contributed by atoms with Crippen LogP contribution in [0.1, 0.15) is 69.3 Å². The second-order valence-electron chi connectivity index (χ2n) is 9.10. The van der Waals surface area contributed by atoms with Crippen molar-refractivity contribution in [3.05, 3.63) is 21.7 Å². The van der Waals surface area contributed by atoms with Gasteiger partial charge in [0.1, 0.15) is 5.60 Å². The molecule has 1 fully saturated rings. The molecule has 166 valence electrons. The fourth-order valence-electron chi connectivity index (χ4n) is 4.07. The van der Waals surface area contributed by atoms with Gasteiger partial charge in [-0.15, -0.1) is 0 Å². The number of hydrogen-bond acceptors (Lipinski definition) is 6. The number of esters is 1. The van der Waals surface area contributed by atoms with E-state index in [2.05, 4.69) is 21.2 Å². The maximum Gasteiger partial charge on any atom is 0.407 e. The van der Waals surface area contributed by atoms with E-state index in [-0.39, 0.29) is 18.1 Å². The van der Waals surface area contributed by atoms with Gasteiger partial charge in [0.25, 0.3) is 5.79 Å². The monoisotopic (exact) mass is 483 g/mol. The van der Waals surface area contributed by atoms with Crippen molar-refractivity contribution in [3.8, 4) is 11.5 Å². The van der Waals surface area contributed by atoms with E-state index in [0.717, 1.165) is 25.7 Å². The molecule has 1 heterocycles. The molecule has 1 atom stereocenters. The normalized spacial score (nSPS) is 25.6. The van der Waals surface area contributed by atoms with Crippen molar-refractivity contribution in [2.75, 3.05) is 7.11 Å². The van der Waals surface area contributed by atoms with Crippen molar-refractivity contribution >= 4 is 28.0 Å². The Hall–Kier alpha value is -1.96. The van der Waals surface area contributed by atoms with Crippen molar-refractivity contribution < 1.29 is 28.5 Å². The topological polar surface area (TPSA) is 83.1 Å². The first kappa shape index (κ1) is 22.7. The van der Waals surface area contributed by atoms with Gasteiger partial charge in [-0.2, -0.15) is 0 Å². The summed E-state index contributed by atoms with van der Waals surface area (Å²) in [6, 6.07) is 1.78. The van der Waals surface area contributed by atoms with Crippen LogP contribution in [0.2, 0.25) is 0 Å². The van der Waals surface area contributed by atoms with Crippen LogP contribution >= 0.6 is 15.9 Å². The van der Waals surface area contributed by atoms with Crippen molar-refractivity contribution in [3.63, 3.8) is 0 Å². The zero-order valence-electron chi connectivity index (χ0n) is 18.4. The Kier molecular flexibility index (Phi) is 6.28. The van der Waals surface area contributed by atoms with E-state index in [1.165, 1.54) is 7.11 Å². The van der Waals surface area contributed by atoms with Crippen molar-refractivity contribution in [1.82, 2.24) is 5.32 Å². The first-order valence-electron chi connectivity index (χ1n) is 10.2. The van der Waals surface area contributed by atoms with Crippen molar-refractivity contribution in [1.29, 1.82) is 0 Å². The van der Waals surface area contributed by atoms with Gasteiger partial charge in [-0.25, -0.2) is 9.59 Å². The molecule has 2 aliphatic rings. The number of ether oxygens (including phenoxy) is 4. The van der Waals surface area contributed by atoms with Gasteiger partial charge in [0.05, 0.1) is 17.1 Å². The summed E-state index contributed by atoms with van der Waals surface area (Å²) in [7, 11) is 1.36. The molecule has 1 aliphatic carbocycles. The fraction of sp³-hybridized carbons (Fsp3) is 0.636. The molecular weight excluding hydrogens is 454 g/mol. The van der Waals surface area contributed by atoms with Crippen LogP contribution in [0, 0.1) is 12.8 Å². The Morgan fingerprint density at radius 3 is 2.33 bits per heavy atom. The third-order valence-electron chi connectivity index (χ3n) is 5.64. The highest BCUT2D eigenvalue weighted by atomic mass is 79.9. The summed E-state index contributed by atoms with van der Waals surface area (Å²) in [5, 5.41) is 2.96. The van der Waals surface area contributed by atoms with Crippen LogP contribution in [0.5, 0.6) is 11.5 Å². The molecule has 0 spiro atoms. The van der Waals surface area contributed by atoms with Gasteiger partial charge >= 0.3 is 12.1 Å². The zero-order chi connectivity index (χ0) is 22.3. The minimum absolute atomic E-state index is 0.0721. The molecule has 1 aliphatic heterocycles. The maximum atomic E-state index is 12.1. The molecule has 7 nitrogen and oxygen atoms in total. The molecule has 0 aromatic heterocycles.